The zero-order valence-corrected chi connectivity index (χ0v) is 20.5. The van der Waals surface area contributed by atoms with Gasteiger partial charge in [0.25, 0.3) is 0 Å². The Hall–Kier alpha value is -3.76. The van der Waals surface area contributed by atoms with Crippen molar-refractivity contribution in [3.8, 4) is 6.07 Å². The zero-order chi connectivity index (χ0) is 25.2. The lowest BCUT2D eigenvalue weighted by Gasteiger charge is -2.30. The highest BCUT2D eigenvalue weighted by atomic mass is 16.5. The van der Waals surface area contributed by atoms with Crippen LogP contribution in [0.4, 0.5) is 5.69 Å². The molecule has 2 bridgehead atoms. The Morgan fingerprint density at radius 2 is 1.89 bits per heavy atom. The van der Waals surface area contributed by atoms with Crippen molar-refractivity contribution >= 4 is 34.4 Å². The topological polar surface area (TPSA) is 96.4 Å². The Bertz CT molecular complexity index is 1480. The molecule has 6 rings (SSSR count). The quantitative estimate of drug-likeness (QED) is 0.456. The second-order valence-electron chi connectivity index (χ2n) is 10.6. The highest BCUT2D eigenvalue weighted by Gasteiger charge is 2.73. The molecule has 2 amide bonds. The van der Waals surface area contributed by atoms with Crippen molar-refractivity contribution in [1.82, 2.24) is 4.98 Å². The number of nitriles is 1. The van der Waals surface area contributed by atoms with Crippen LogP contribution in [0.1, 0.15) is 63.2 Å². The van der Waals surface area contributed by atoms with Gasteiger partial charge in [0.2, 0.25) is 17.7 Å². The number of carbonyl (C=O) groups excluding carboxylic acids is 2. The number of oxazole rings is 1. The van der Waals surface area contributed by atoms with E-state index in [1.165, 1.54) is 4.90 Å². The molecular weight excluding hydrogens is 454 g/mol. The number of nitrogens with zero attached hydrogens (tertiary/aromatic N) is 3. The van der Waals surface area contributed by atoms with Gasteiger partial charge in [0, 0.05) is 16.7 Å². The highest BCUT2D eigenvalue weighted by Crippen LogP contribution is 2.62. The zero-order valence-electron chi connectivity index (χ0n) is 20.5. The Morgan fingerprint density at radius 1 is 1.14 bits per heavy atom. The molecule has 0 N–H and O–H groups in total. The number of amides is 2. The Kier molecular flexibility index (Phi) is 4.96. The second-order valence-corrected chi connectivity index (χ2v) is 10.6. The van der Waals surface area contributed by atoms with E-state index in [4.69, 9.17) is 9.15 Å². The van der Waals surface area contributed by atoms with Crippen molar-refractivity contribution in [1.29, 1.82) is 5.26 Å². The van der Waals surface area contributed by atoms with Gasteiger partial charge in [-0.1, -0.05) is 44.2 Å². The largest absolute Gasteiger partial charge is 0.442 e. The summed E-state index contributed by atoms with van der Waals surface area (Å²) in [5.74, 6) is 0.0517. The fourth-order valence-corrected chi connectivity index (χ4v) is 6.37. The molecule has 7 heteroatoms. The molecule has 4 heterocycles. The van der Waals surface area contributed by atoms with Gasteiger partial charge in [-0.2, -0.15) is 5.26 Å². The van der Waals surface area contributed by atoms with Gasteiger partial charge in [0.15, 0.2) is 0 Å². The van der Waals surface area contributed by atoms with Crippen molar-refractivity contribution in [3.63, 3.8) is 0 Å². The molecule has 3 aliphatic rings. The van der Waals surface area contributed by atoms with Crippen molar-refractivity contribution in [2.24, 2.45) is 11.8 Å². The minimum absolute atomic E-state index is 0.220. The van der Waals surface area contributed by atoms with Crippen LogP contribution in [0.15, 0.2) is 53.1 Å². The first-order valence-corrected chi connectivity index (χ1v) is 12.4. The number of imide groups is 1. The van der Waals surface area contributed by atoms with Crippen LogP contribution in [-0.4, -0.2) is 28.0 Å². The fraction of sp³-hybridized carbons (Fsp3) is 0.379. The summed E-state index contributed by atoms with van der Waals surface area (Å²) in [7, 11) is 0. The minimum Gasteiger partial charge on any atom is -0.442 e. The summed E-state index contributed by atoms with van der Waals surface area (Å²) in [6, 6.07) is 13.0. The molecule has 182 valence electrons. The first kappa shape index (κ1) is 22.7. The summed E-state index contributed by atoms with van der Waals surface area (Å²) in [5.41, 5.74) is -0.384. The predicted molar refractivity (Wildman–Crippen MR) is 134 cm³/mol. The van der Waals surface area contributed by atoms with Crippen LogP contribution in [0.5, 0.6) is 0 Å². The van der Waals surface area contributed by atoms with E-state index in [0.717, 1.165) is 23.0 Å². The molecule has 2 aromatic carbocycles. The second kappa shape index (κ2) is 7.87. The van der Waals surface area contributed by atoms with Crippen LogP contribution in [0, 0.1) is 23.2 Å². The molecule has 3 saturated heterocycles. The Balaban J connectivity index is 1.35. The van der Waals surface area contributed by atoms with Crippen LogP contribution in [0.2, 0.25) is 0 Å². The van der Waals surface area contributed by atoms with Gasteiger partial charge < -0.3 is 9.15 Å². The van der Waals surface area contributed by atoms with E-state index in [1.54, 1.807) is 18.3 Å². The molecule has 3 aliphatic heterocycles. The monoisotopic (exact) mass is 481 g/mol. The summed E-state index contributed by atoms with van der Waals surface area (Å²) in [4.78, 5) is 33.4. The fourth-order valence-electron chi connectivity index (χ4n) is 6.37. The lowest BCUT2D eigenvalue weighted by Crippen LogP contribution is -2.41. The maximum Gasteiger partial charge on any atom is 0.240 e. The van der Waals surface area contributed by atoms with Crippen LogP contribution in [-0.2, 0) is 14.3 Å². The van der Waals surface area contributed by atoms with Gasteiger partial charge in [-0.05, 0) is 44.4 Å². The molecule has 3 aromatic rings. The highest BCUT2D eigenvalue weighted by molar-refractivity contribution is 6.26. The van der Waals surface area contributed by atoms with Gasteiger partial charge in [-0.25, -0.2) is 9.88 Å². The van der Waals surface area contributed by atoms with Crippen LogP contribution >= 0.6 is 0 Å². The van der Waals surface area contributed by atoms with E-state index in [1.807, 2.05) is 57.2 Å². The summed E-state index contributed by atoms with van der Waals surface area (Å²) >= 11 is 0. The van der Waals surface area contributed by atoms with E-state index < -0.39 is 23.0 Å². The minimum atomic E-state index is -0.743. The molecule has 7 nitrogen and oxygen atoms in total. The van der Waals surface area contributed by atoms with Gasteiger partial charge in [0.1, 0.15) is 5.76 Å². The summed E-state index contributed by atoms with van der Waals surface area (Å²) < 4.78 is 12.3. The summed E-state index contributed by atoms with van der Waals surface area (Å²) in [5, 5.41) is 11.0. The third-order valence-corrected chi connectivity index (χ3v) is 8.11. The molecule has 0 spiro atoms. The van der Waals surface area contributed by atoms with Crippen molar-refractivity contribution in [2.45, 2.75) is 57.2 Å². The van der Waals surface area contributed by atoms with Crippen molar-refractivity contribution < 1.29 is 18.7 Å². The van der Waals surface area contributed by atoms with Crippen LogP contribution < -0.4 is 4.90 Å². The average Bonchev–Trinajstić information content (AvgIpc) is 3.59. The number of anilines is 1. The molecular formula is C29H27N3O4. The van der Waals surface area contributed by atoms with Gasteiger partial charge in [-0.3, -0.25) is 9.59 Å². The van der Waals surface area contributed by atoms with Gasteiger partial charge >= 0.3 is 0 Å². The lowest BCUT2D eigenvalue weighted by atomic mass is 9.67. The molecule has 1 aromatic heterocycles. The van der Waals surface area contributed by atoms with E-state index in [0.29, 0.717) is 30.0 Å². The average molecular weight is 482 g/mol. The maximum absolute atomic E-state index is 13.9. The first-order valence-electron chi connectivity index (χ1n) is 12.4. The van der Waals surface area contributed by atoms with Crippen molar-refractivity contribution in [2.75, 3.05) is 4.90 Å². The first-order chi connectivity index (χ1) is 17.3. The predicted octanol–water partition coefficient (Wildman–Crippen LogP) is 5.35. The van der Waals surface area contributed by atoms with Gasteiger partial charge in [0.05, 0.1) is 46.6 Å². The normalized spacial score (nSPS) is 29.1. The number of rotatable bonds is 5. The van der Waals surface area contributed by atoms with E-state index in [2.05, 4.69) is 11.1 Å². The standard InChI is InChI=1S/C29H27N3O4/c1-17(2)22-16-31-23(35-22)9-6-12-29-14-13-28(3,36-29)24-25(29)27(34)32(26(24)33)21-11-10-18(15-30)19-7-4-5-8-20(19)21/h4-11,16-17,24-25H,12-14H2,1-3H3. The molecule has 4 atom stereocenters. The smallest absolute Gasteiger partial charge is 0.240 e. The lowest BCUT2D eigenvalue weighted by molar-refractivity contribution is -0.130. The van der Waals surface area contributed by atoms with Crippen molar-refractivity contribution in [3.05, 3.63) is 65.9 Å². The molecule has 0 radical (unpaired) electrons. The molecule has 36 heavy (non-hydrogen) atoms. The number of carbonyl (C=O) groups is 2. The van der Waals surface area contributed by atoms with Gasteiger partial charge in [-0.15, -0.1) is 0 Å². The van der Waals surface area contributed by atoms with E-state index in [-0.39, 0.29) is 17.7 Å². The molecule has 4 unspecified atom stereocenters. The molecule has 3 fully saturated rings. The SMILES string of the molecule is CC(C)c1cnc(C=CCC23CCC(C)(O2)C2C(=O)N(c4ccc(C#N)c5ccccc45)C(=O)C23)o1. The van der Waals surface area contributed by atoms with E-state index in [9.17, 15) is 14.9 Å². The number of aromatic nitrogens is 1. The third-order valence-electron chi connectivity index (χ3n) is 8.11. The Morgan fingerprint density at radius 3 is 2.61 bits per heavy atom. The number of benzene rings is 2. The number of hydrogen-bond donors (Lipinski definition) is 0. The number of fused-ring (bicyclic) bond motifs is 6. The number of hydrogen-bond acceptors (Lipinski definition) is 6. The third kappa shape index (κ3) is 3.11. The summed E-state index contributed by atoms with van der Waals surface area (Å²) in [6.45, 7) is 6.05. The molecule has 0 aliphatic carbocycles. The maximum atomic E-state index is 13.9. The van der Waals surface area contributed by atoms with Crippen LogP contribution in [0.25, 0.3) is 16.8 Å². The van der Waals surface area contributed by atoms with Crippen LogP contribution in [0.3, 0.4) is 0 Å². The van der Waals surface area contributed by atoms with E-state index >= 15 is 0 Å². The Labute approximate surface area is 209 Å². The molecule has 0 saturated carbocycles. The summed E-state index contributed by atoms with van der Waals surface area (Å²) in [6.07, 6.45) is 7.42. The number of ether oxygens (including phenoxy) is 1.